The van der Waals surface area contributed by atoms with Crippen molar-refractivity contribution in [3.8, 4) is 0 Å². The SMILES string of the molecule is Cc1nc(C)n(CC(=O)N2CC(=O)N(C3CCCCC3)C[C@@H](OCc3cccnc3)C2)n1. The van der Waals surface area contributed by atoms with Crippen LogP contribution in [0.1, 0.15) is 49.3 Å². The van der Waals surface area contributed by atoms with Crippen molar-refractivity contribution in [1.82, 2.24) is 29.5 Å². The summed E-state index contributed by atoms with van der Waals surface area (Å²) in [6.07, 6.45) is 8.80. The van der Waals surface area contributed by atoms with Gasteiger partial charge in [0.25, 0.3) is 0 Å². The van der Waals surface area contributed by atoms with E-state index >= 15 is 0 Å². The molecule has 9 nitrogen and oxygen atoms in total. The second kappa shape index (κ2) is 10.2. The smallest absolute Gasteiger partial charge is 0.244 e. The minimum Gasteiger partial charge on any atom is -0.370 e. The van der Waals surface area contributed by atoms with Crippen LogP contribution in [0.5, 0.6) is 0 Å². The summed E-state index contributed by atoms with van der Waals surface area (Å²) in [7, 11) is 0. The third-order valence-corrected chi connectivity index (χ3v) is 6.30. The van der Waals surface area contributed by atoms with Crippen molar-refractivity contribution in [2.24, 2.45) is 0 Å². The number of amides is 2. The number of carbonyl (C=O) groups is 2. The van der Waals surface area contributed by atoms with E-state index in [1.165, 1.54) is 6.42 Å². The van der Waals surface area contributed by atoms with Crippen molar-refractivity contribution >= 4 is 11.8 Å². The van der Waals surface area contributed by atoms with Crippen LogP contribution in [0.4, 0.5) is 0 Å². The molecule has 0 N–H and O–H groups in total. The van der Waals surface area contributed by atoms with Gasteiger partial charge in [-0.3, -0.25) is 14.6 Å². The fraction of sp³-hybridized carbons (Fsp3) is 0.609. The lowest BCUT2D eigenvalue weighted by Gasteiger charge is -2.34. The van der Waals surface area contributed by atoms with Crippen LogP contribution in [0.2, 0.25) is 0 Å². The minimum absolute atomic E-state index is 0.00391. The van der Waals surface area contributed by atoms with E-state index in [1.54, 1.807) is 28.9 Å². The number of rotatable bonds is 6. The Morgan fingerprint density at radius 3 is 2.69 bits per heavy atom. The molecule has 1 saturated carbocycles. The second-order valence-electron chi connectivity index (χ2n) is 8.77. The Labute approximate surface area is 188 Å². The molecular formula is C23H32N6O3. The average Bonchev–Trinajstić information content (AvgIpc) is 3.01. The maximum absolute atomic E-state index is 13.2. The van der Waals surface area contributed by atoms with E-state index < -0.39 is 0 Å². The van der Waals surface area contributed by atoms with Gasteiger partial charge in [-0.1, -0.05) is 25.3 Å². The minimum atomic E-state index is -0.258. The molecule has 0 bridgehead atoms. The summed E-state index contributed by atoms with van der Waals surface area (Å²) in [6, 6.07) is 4.07. The number of pyridine rings is 1. The molecule has 1 saturated heterocycles. The summed E-state index contributed by atoms with van der Waals surface area (Å²) in [4.78, 5) is 38.3. The Morgan fingerprint density at radius 2 is 2.00 bits per heavy atom. The largest absolute Gasteiger partial charge is 0.370 e. The van der Waals surface area contributed by atoms with Gasteiger partial charge >= 0.3 is 0 Å². The summed E-state index contributed by atoms with van der Waals surface area (Å²) in [6.45, 7) is 5.05. The zero-order valence-corrected chi connectivity index (χ0v) is 18.9. The van der Waals surface area contributed by atoms with Crippen LogP contribution in [0, 0.1) is 13.8 Å². The number of hydrogen-bond acceptors (Lipinski definition) is 6. The molecule has 0 aromatic carbocycles. The number of aryl methyl sites for hydroxylation is 2. The summed E-state index contributed by atoms with van der Waals surface area (Å²) >= 11 is 0. The van der Waals surface area contributed by atoms with E-state index in [2.05, 4.69) is 15.1 Å². The molecule has 0 spiro atoms. The first-order valence-corrected chi connectivity index (χ1v) is 11.5. The topological polar surface area (TPSA) is 93.5 Å². The molecule has 3 heterocycles. The molecule has 1 atom stereocenters. The molecule has 2 aliphatic rings. The summed E-state index contributed by atoms with van der Waals surface area (Å²) in [5.41, 5.74) is 0.971. The van der Waals surface area contributed by atoms with Crippen LogP contribution in [-0.4, -0.2) is 73.1 Å². The van der Waals surface area contributed by atoms with Crippen molar-refractivity contribution < 1.29 is 14.3 Å². The fourth-order valence-electron chi connectivity index (χ4n) is 4.62. The van der Waals surface area contributed by atoms with Crippen molar-refractivity contribution in [3.63, 3.8) is 0 Å². The van der Waals surface area contributed by atoms with Gasteiger partial charge in [0, 0.05) is 31.5 Å². The lowest BCUT2D eigenvalue weighted by atomic mass is 9.94. The van der Waals surface area contributed by atoms with E-state index in [0.717, 1.165) is 31.2 Å². The first kappa shape index (κ1) is 22.4. The van der Waals surface area contributed by atoms with E-state index in [-0.39, 0.29) is 37.0 Å². The van der Waals surface area contributed by atoms with Gasteiger partial charge in [-0.2, -0.15) is 5.10 Å². The zero-order chi connectivity index (χ0) is 22.5. The van der Waals surface area contributed by atoms with Crippen LogP contribution in [0.25, 0.3) is 0 Å². The number of nitrogens with zero attached hydrogens (tertiary/aromatic N) is 6. The van der Waals surface area contributed by atoms with Crippen molar-refractivity contribution in [2.45, 2.75) is 71.2 Å². The predicted molar refractivity (Wildman–Crippen MR) is 117 cm³/mol. The van der Waals surface area contributed by atoms with Crippen LogP contribution in [0.15, 0.2) is 24.5 Å². The molecule has 0 unspecified atom stereocenters. The van der Waals surface area contributed by atoms with Gasteiger partial charge in [0.15, 0.2) is 0 Å². The third-order valence-electron chi connectivity index (χ3n) is 6.30. The van der Waals surface area contributed by atoms with Gasteiger partial charge in [0.2, 0.25) is 11.8 Å². The average molecular weight is 441 g/mol. The van der Waals surface area contributed by atoms with Gasteiger partial charge < -0.3 is 14.5 Å². The summed E-state index contributed by atoms with van der Waals surface area (Å²) < 4.78 is 7.81. The van der Waals surface area contributed by atoms with Crippen molar-refractivity contribution in [2.75, 3.05) is 19.6 Å². The molecule has 2 fully saturated rings. The Kier molecular flexibility index (Phi) is 7.14. The highest BCUT2D eigenvalue weighted by Gasteiger charge is 2.35. The Balaban J connectivity index is 1.49. The lowest BCUT2D eigenvalue weighted by molar-refractivity contribution is -0.140. The Morgan fingerprint density at radius 1 is 1.19 bits per heavy atom. The molecule has 32 heavy (non-hydrogen) atoms. The van der Waals surface area contributed by atoms with Gasteiger partial charge in [-0.15, -0.1) is 0 Å². The molecule has 4 rings (SSSR count). The first-order valence-electron chi connectivity index (χ1n) is 11.5. The maximum atomic E-state index is 13.2. The monoisotopic (exact) mass is 440 g/mol. The molecule has 1 aliphatic heterocycles. The number of carbonyl (C=O) groups excluding carboxylic acids is 2. The van der Waals surface area contributed by atoms with Crippen molar-refractivity contribution in [1.29, 1.82) is 0 Å². The zero-order valence-electron chi connectivity index (χ0n) is 18.9. The van der Waals surface area contributed by atoms with Gasteiger partial charge in [0.05, 0.1) is 19.3 Å². The van der Waals surface area contributed by atoms with Crippen molar-refractivity contribution in [3.05, 3.63) is 41.7 Å². The third kappa shape index (κ3) is 5.51. The summed E-state index contributed by atoms with van der Waals surface area (Å²) in [5, 5.41) is 4.30. The van der Waals surface area contributed by atoms with Gasteiger partial charge in [-0.05, 0) is 38.3 Å². The van der Waals surface area contributed by atoms with Crippen LogP contribution in [0.3, 0.4) is 0 Å². The van der Waals surface area contributed by atoms with E-state index in [1.807, 2.05) is 24.0 Å². The Bertz CT molecular complexity index is 925. The van der Waals surface area contributed by atoms with Crippen LogP contribution in [-0.2, 0) is 27.5 Å². The highest BCUT2D eigenvalue weighted by Crippen LogP contribution is 2.25. The standard InChI is InChI=1S/C23H32N6O3/c1-17-25-18(2)29(26-17)15-22(30)27-12-21(32-16-19-7-6-10-24-11-19)13-28(23(31)14-27)20-8-4-3-5-9-20/h6-7,10-11,20-21H,3-5,8-9,12-16H2,1-2H3/t21-/m0/s1. The molecular weight excluding hydrogens is 408 g/mol. The fourth-order valence-corrected chi connectivity index (χ4v) is 4.62. The van der Waals surface area contributed by atoms with Gasteiger partial charge in [0.1, 0.15) is 18.2 Å². The predicted octanol–water partition coefficient (Wildman–Crippen LogP) is 1.88. The molecule has 2 amide bonds. The molecule has 2 aromatic heterocycles. The number of hydrogen-bond donors (Lipinski definition) is 0. The van der Waals surface area contributed by atoms with Crippen LogP contribution < -0.4 is 0 Å². The molecule has 172 valence electrons. The van der Waals surface area contributed by atoms with E-state index in [4.69, 9.17) is 4.74 Å². The molecule has 9 heteroatoms. The highest BCUT2D eigenvalue weighted by molar-refractivity contribution is 5.85. The normalized spacial score (nSPS) is 20.4. The molecule has 1 aliphatic carbocycles. The maximum Gasteiger partial charge on any atom is 0.244 e. The number of ether oxygens (including phenoxy) is 1. The number of aromatic nitrogens is 4. The van der Waals surface area contributed by atoms with Gasteiger partial charge in [-0.25, -0.2) is 9.67 Å². The molecule has 0 radical (unpaired) electrons. The highest BCUT2D eigenvalue weighted by atomic mass is 16.5. The van der Waals surface area contributed by atoms with E-state index in [9.17, 15) is 9.59 Å². The Hall–Kier alpha value is -2.81. The molecule has 2 aromatic rings. The van der Waals surface area contributed by atoms with E-state index in [0.29, 0.717) is 31.3 Å². The second-order valence-corrected chi connectivity index (χ2v) is 8.77. The summed E-state index contributed by atoms with van der Waals surface area (Å²) in [5.74, 6) is 1.17. The van der Waals surface area contributed by atoms with Crippen LogP contribution >= 0.6 is 0 Å². The quantitative estimate of drug-likeness (QED) is 0.681. The first-order chi connectivity index (χ1) is 15.5. The lowest BCUT2D eigenvalue weighted by Crippen LogP contribution is -2.46.